The van der Waals surface area contributed by atoms with E-state index < -0.39 is 10.2 Å². The molecule has 2 unspecified atom stereocenters. The van der Waals surface area contributed by atoms with Gasteiger partial charge in [0, 0.05) is 49.5 Å². The predicted octanol–water partition coefficient (Wildman–Crippen LogP) is 1.74. The molecule has 0 bridgehead atoms. The van der Waals surface area contributed by atoms with Crippen LogP contribution in [0.2, 0.25) is 0 Å². The van der Waals surface area contributed by atoms with Gasteiger partial charge in [-0.2, -0.15) is 17.0 Å². The monoisotopic (exact) mass is 427 g/mol. The third-order valence-electron chi connectivity index (χ3n) is 5.86. The average Bonchev–Trinajstić information content (AvgIpc) is 3.11. The predicted molar refractivity (Wildman–Crippen MR) is 109 cm³/mol. The highest BCUT2D eigenvalue weighted by atomic mass is 32.2. The number of piperazine rings is 1. The number of aryl methyl sites for hydroxylation is 1. The van der Waals surface area contributed by atoms with Gasteiger partial charge < -0.3 is 9.64 Å². The Hall–Kier alpha value is -1.00. The Morgan fingerprint density at radius 3 is 2.36 bits per heavy atom. The first kappa shape index (κ1) is 20.3. The smallest absolute Gasteiger partial charge is 0.282 e. The van der Waals surface area contributed by atoms with Crippen LogP contribution in [0.25, 0.3) is 0 Å². The molecule has 3 heterocycles. The Kier molecular flexibility index (Phi) is 5.81. The summed E-state index contributed by atoms with van der Waals surface area (Å²) in [4.78, 5) is 16.2. The molecule has 0 spiro atoms. The standard InChI is InChI=1S/C19H29N3O4S2/c1-14-11-22(12-15(2)26-14)28(24,25)21-9-7-20(8-10-21)19(23)17-13-27-18-6-4-3-5-16(17)18/h13-15H,3-12H2,1-2H3. The lowest BCUT2D eigenvalue weighted by Crippen LogP contribution is -2.57. The lowest BCUT2D eigenvalue weighted by atomic mass is 9.95. The topological polar surface area (TPSA) is 70.2 Å². The molecule has 0 aromatic carbocycles. The molecular weight excluding hydrogens is 398 g/mol. The molecule has 1 amide bonds. The molecule has 9 heteroatoms. The highest BCUT2D eigenvalue weighted by molar-refractivity contribution is 7.86. The number of ether oxygens (including phenoxy) is 1. The quantitative estimate of drug-likeness (QED) is 0.737. The van der Waals surface area contributed by atoms with Crippen molar-refractivity contribution in [2.24, 2.45) is 0 Å². The van der Waals surface area contributed by atoms with Gasteiger partial charge in [-0.1, -0.05) is 0 Å². The zero-order valence-electron chi connectivity index (χ0n) is 16.6. The van der Waals surface area contributed by atoms with Crippen LogP contribution in [0.1, 0.15) is 47.5 Å². The van der Waals surface area contributed by atoms with E-state index in [1.165, 1.54) is 25.5 Å². The summed E-state index contributed by atoms with van der Waals surface area (Å²) < 4.78 is 34.7. The maximum atomic E-state index is 13.0. The minimum absolute atomic E-state index is 0.0602. The van der Waals surface area contributed by atoms with E-state index in [0.29, 0.717) is 39.3 Å². The van der Waals surface area contributed by atoms with Crippen LogP contribution in [-0.2, 0) is 27.8 Å². The first-order chi connectivity index (χ1) is 13.4. The first-order valence-electron chi connectivity index (χ1n) is 10.2. The molecule has 4 rings (SSSR count). The first-order valence-corrected chi connectivity index (χ1v) is 12.4. The van der Waals surface area contributed by atoms with Gasteiger partial charge in [-0.3, -0.25) is 4.79 Å². The number of carbonyl (C=O) groups excluding carboxylic acids is 1. The summed E-state index contributed by atoms with van der Waals surface area (Å²) in [6.07, 6.45) is 4.21. The fraction of sp³-hybridized carbons (Fsp3) is 0.737. The van der Waals surface area contributed by atoms with Crippen LogP contribution in [0.5, 0.6) is 0 Å². The number of hydrogen-bond donors (Lipinski definition) is 0. The van der Waals surface area contributed by atoms with Crippen molar-refractivity contribution in [3.63, 3.8) is 0 Å². The average molecular weight is 428 g/mol. The second kappa shape index (κ2) is 8.02. The Labute approximate surface area is 171 Å². The van der Waals surface area contributed by atoms with E-state index in [1.807, 2.05) is 24.1 Å². The molecule has 1 aromatic rings. The van der Waals surface area contributed by atoms with Crippen molar-refractivity contribution < 1.29 is 17.9 Å². The fourth-order valence-corrected chi connectivity index (χ4v) is 7.32. The molecule has 2 atom stereocenters. The summed E-state index contributed by atoms with van der Waals surface area (Å²) in [6, 6.07) is 0. The molecule has 156 valence electrons. The van der Waals surface area contributed by atoms with E-state index in [1.54, 1.807) is 11.3 Å². The fourth-order valence-electron chi connectivity index (χ4n) is 4.45. The summed E-state index contributed by atoms with van der Waals surface area (Å²) in [5, 5.41) is 2.00. The number of morpholine rings is 1. The molecule has 28 heavy (non-hydrogen) atoms. The van der Waals surface area contributed by atoms with Gasteiger partial charge in [0.25, 0.3) is 16.1 Å². The van der Waals surface area contributed by atoms with Crippen molar-refractivity contribution in [3.05, 3.63) is 21.4 Å². The van der Waals surface area contributed by atoms with Crippen LogP contribution in [-0.4, -0.2) is 79.3 Å². The zero-order valence-corrected chi connectivity index (χ0v) is 18.2. The van der Waals surface area contributed by atoms with E-state index >= 15 is 0 Å². The van der Waals surface area contributed by atoms with E-state index in [2.05, 4.69) is 0 Å². The molecule has 2 aliphatic heterocycles. The van der Waals surface area contributed by atoms with Gasteiger partial charge >= 0.3 is 0 Å². The van der Waals surface area contributed by atoms with Gasteiger partial charge in [0.1, 0.15) is 0 Å². The Morgan fingerprint density at radius 1 is 1.04 bits per heavy atom. The van der Waals surface area contributed by atoms with Crippen molar-refractivity contribution in [1.29, 1.82) is 0 Å². The van der Waals surface area contributed by atoms with Crippen LogP contribution in [0.15, 0.2) is 5.38 Å². The number of carbonyl (C=O) groups is 1. The third-order valence-corrected chi connectivity index (χ3v) is 8.91. The number of hydrogen-bond acceptors (Lipinski definition) is 5. The molecule has 0 N–H and O–H groups in total. The summed E-state index contributed by atoms with van der Waals surface area (Å²) in [6.45, 7) is 6.14. The molecule has 0 saturated carbocycles. The Balaban J connectivity index is 1.40. The normalized spacial score (nSPS) is 27.6. The van der Waals surface area contributed by atoms with Crippen LogP contribution < -0.4 is 0 Å². The van der Waals surface area contributed by atoms with Gasteiger partial charge in [-0.25, -0.2) is 0 Å². The summed E-state index contributed by atoms with van der Waals surface area (Å²) in [7, 11) is -3.52. The van der Waals surface area contributed by atoms with Crippen molar-refractivity contribution >= 4 is 27.5 Å². The summed E-state index contributed by atoms with van der Waals surface area (Å²) in [5.41, 5.74) is 2.07. The third kappa shape index (κ3) is 3.87. The molecule has 2 saturated heterocycles. The van der Waals surface area contributed by atoms with Crippen LogP contribution in [0.4, 0.5) is 0 Å². The second-order valence-electron chi connectivity index (χ2n) is 8.03. The van der Waals surface area contributed by atoms with Crippen LogP contribution in [0, 0.1) is 0 Å². The van der Waals surface area contributed by atoms with E-state index in [9.17, 15) is 13.2 Å². The van der Waals surface area contributed by atoms with Crippen LogP contribution in [0.3, 0.4) is 0 Å². The molecule has 2 fully saturated rings. The van der Waals surface area contributed by atoms with Crippen molar-refractivity contribution in [2.45, 2.75) is 51.7 Å². The summed E-state index contributed by atoms with van der Waals surface area (Å²) >= 11 is 1.70. The highest BCUT2D eigenvalue weighted by Gasteiger charge is 2.37. The lowest BCUT2D eigenvalue weighted by molar-refractivity contribution is -0.0457. The Bertz CT molecular complexity index is 820. The van der Waals surface area contributed by atoms with Crippen molar-refractivity contribution in [2.75, 3.05) is 39.3 Å². The SMILES string of the molecule is CC1CN(S(=O)(=O)N2CCN(C(=O)c3csc4c3CCCC4)CC2)CC(C)O1. The minimum Gasteiger partial charge on any atom is -0.373 e. The second-order valence-corrected chi connectivity index (χ2v) is 10.9. The summed E-state index contributed by atoms with van der Waals surface area (Å²) in [5.74, 6) is 0.0602. The van der Waals surface area contributed by atoms with Gasteiger partial charge in [0.15, 0.2) is 0 Å². The minimum atomic E-state index is -3.52. The van der Waals surface area contributed by atoms with Crippen molar-refractivity contribution in [1.82, 2.24) is 13.5 Å². The maximum absolute atomic E-state index is 13.0. The molecule has 1 aromatic heterocycles. The van der Waals surface area contributed by atoms with Gasteiger partial charge in [-0.15, -0.1) is 11.3 Å². The van der Waals surface area contributed by atoms with Gasteiger partial charge in [0.2, 0.25) is 0 Å². The van der Waals surface area contributed by atoms with Crippen molar-refractivity contribution in [3.8, 4) is 0 Å². The largest absolute Gasteiger partial charge is 0.373 e. The van der Waals surface area contributed by atoms with E-state index in [0.717, 1.165) is 24.8 Å². The maximum Gasteiger partial charge on any atom is 0.282 e. The number of nitrogens with zero attached hydrogens (tertiary/aromatic N) is 3. The van der Waals surface area contributed by atoms with Crippen LogP contribution >= 0.6 is 11.3 Å². The van der Waals surface area contributed by atoms with Gasteiger partial charge in [-0.05, 0) is 45.1 Å². The molecule has 7 nitrogen and oxygen atoms in total. The number of fused-ring (bicyclic) bond motifs is 1. The highest BCUT2D eigenvalue weighted by Crippen LogP contribution is 2.31. The lowest BCUT2D eigenvalue weighted by Gasteiger charge is -2.40. The number of amides is 1. The van der Waals surface area contributed by atoms with E-state index in [4.69, 9.17) is 4.74 Å². The van der Waals surface area contributed by atoms with E-state index in [-0.39, 0.29) is 18.1 Å². The van der Waals surface area contributed by atoms with Gasteiger partial charge in [0.05, 0.1) is 17.8 Å². The number of thiophene rings is 1. The molecular formula is C19H29N3O4S2. The number of rotatable bonds is 3. The zero-order chi connectivity index (χ0) is 19.9. The molecule has 3 aliphatic rings. The molecule has 1 aliphatic carbocycles. The Morgan fingerprint density at radius 2 is 1.68 bits per heavy atom. The molecule has 0 radical (unpaired) electrons.